The average molecular weight is 285 g/mol. The van der Waals surface area contributed by atoms with Crippen LogP contribution in [0.25, 0.3) is 0 Å². The predicted octanol–water partition coefficient (Wildman–Crippen LogP) is 2.18. The van der Waals surface area contributed by atoms with Gasteiger partial charge in [-0.25, -0.2) is 4.79 Å². The Hall–Kier alpha value is -2.83. The summed E-state index contributed by atoms with van der Waals surface area (Å²) in [7, 11) is 0. The number of carbonyl (C=O) groups is 2. The fourth-order valence-corrected chi connectivity index (χ4v) is 2.32. The minimum absolute atomic E-state index is 0.0817. The number of benzene rings is 1. The predicted molar refractivity (Wildman–Crippen MR) is 79.3 cm³/mol. The maximum atomic E-state index is 12.0. The lowest BCUT2D eigenvalue weighted by atomic mass is 10.2. The van der Waals surface area contributed by atoms with Gasteiger partial charge < -0.3 is 10.2 Å². The molecule has 0 atom stereocenters. The van der Waals surface area contributed by atoms with Crippen molar-refractivity contribution >= 4 is 29.1 Å². The normalized spacial score (nSPS) is 14.3. The molecule has 0 unspecified atom stereocenters. The SMILES string of the molecule is O=C(Nc1ccn[nH]1)Nc1ccccc1N1CCCC1=O. The van der Waals surface area contributed by atoms with E-state index in [0.29, 0.717) is 24.5 Å². The number of aromatic nitrogens is 2. The molecule has 1 fully saturated rings. The van der Waals surface area contributed by atoms with Gasteiger partial charge in [0.25, 0.3) is 0 Å². The molecule has 0 saturated carbocycles. The van der Waals surface area contributed by atoms with Crippen molar-refractivity contribution in [2.45, 2.75) is 12.8 Å². The second kappa shape index (κ2) is 5.66. The summed E-state index contributed by atoms with van der Waals surface area (Å²) in [6.45, 7) is 0.680. The van der Waals surface area contributed by atoms with Crippen LogP contribution < -0.4 is 15.5 Å². The Labute approximate surface area is 121 Å². The number of nitrogens with one attached hydrogen (secondary N) is 3. The highest BCUT2D eigenvalue weighted by atomic mass is 16.2. The second-order valence-electron chi connectivity index (χ2n) is 4.72. The van der Waals surface area contributed by atoms with Crippen LogP contribution in [0.5, 0.6) is 0 Å². The van der Waals surface area contributed by atoms with Gasteiger partial charge in [0.2, 0.25) is 5.91 Å². The maximum absolute atomic E-state index is 12.0. The zero-order valence-corrected chi connectivity index (χ0v) is 11.3. The molecule has 1 saturated heterocycles. The summed E-state index contributed by atoms with van der Waals surface area (Å²) in [6.07, 6.45) is 2.94. The Morgan fingerprint density at radius 2 is 2.10 bits per heavy atom. The number of hydrogen-bond acceptors (Lipinski definition) is 3. The molecular weight excluding hydrogens is 270 g/mol. The molecule has 108 valence electrons. The number of rotatable bonds is 3. The molecule has 0 radical (unpaired) electrons. The van der Waals surface area contributed by atoms with Crippen LogP contribution in [-0.4, -0.2) is 28.7 Å². The van der Waals surface area contributed by atoms with Gasteiger partial charge in [0.15, 0.2) is 0 Å². The fourth-order valence-electron chi connectivity index (χ4n) is 2.32. The first kappa shape index (κ1) is 13.2. The van der Waals surface area contributed by atoms with Gasteiger partial charge in [-0.05, 0) is 18.6 Å². The van der Waals surface area contributed by atoms with Crippen molar-refractivity contribution in [1.82, 2.24) is 10.2 Å². The zero-order valence-electron chi connectivity index (χ0n) is 11.3. The first-order valence-corrected chi connectivity index (χ1v) is 6.71. The van der Waals surface area contributed by atoms with Crippen LogP contribution in [0.2, 0.25) is 0 Å². The van der Waals surface area contributed by atoms with E-state index in [1.54, 1.807) is 23.2 Å². The first-order chi connectivity index (χ1) is 10.2. The zero-order chi connectivity index (χ0) is 14.7. The lowest BCUT2D eigenvalue weighted by Crippen LogP contribution is -2.26. The topological polar surface area (TPSA) is 90.1 Å². The molecule has 7 nitrogen and oxygen atoms in total. The Kier molecular flexibility index (Phi) is 3.55. The van der Waals surface area contributed by atoms with E-state index >= 15 is 0 Å². The number of para-hydroxylation sites is 2. The van der Waals surface area contributed by atoms with Crippen molar-refractivity contribution in [3.8, 4) is 0 Å². The third-order valence-electron chi connectivity index (χ3n) is 3.27. The summed E-state index contributed by atoms with van der Waals surface area (Å²) in [6, 6.07) is 8.52. The molecule has 1 aromatic heterocycles. The molecule has 3 amide bonds. The molecule has 21 heavy (non-hydrogen) atoms. The number of H-pyrrole nitrogens is 1. The van der Waals surface area contributed by atoms with Crippen molar-refractivity contribution in [2.24, 2.45) is 0 Å². The molecule has 7 heteroatoms. The Morgan fingerprint density at radius 3 is 2.81 bits per heavy atom. The summed E-state index contributed by atoms with van der Waals surface area (Å²) in [5.41, 5.74) is 1.32. The minimum Gasteiger partial charge on any atom is -0.310 e. The van der Waals surface area contributed by atoms with Crippen LogP contribution in [0.4, 0.5) is 22.0 Å². The number of carbonyl (C=O) groups excluding carboxylic acids is 2. The van der Waals surface area contributed by atoms with E-state index in [2.05, 4.69) is 20.8 Å². The molecule has 2 aromatic rings. The molecule has 0 spiro atoms. The van der Waals surface area contributed by atoms with Gasteiger partial charge in [-0.15, -0.1) is 0 Å². The Bertz CT molecular complexity index is 653. The molecule has 3 N–H and O–H groups in total. The maximum Gasteiger partial charge on any atom is 0.324 e. The fraction of sp³-hybridized carbons (Fsp3) is 0.214. The highest BCUT2D eigenvalue weighted by Crippen LogP contribution is 2.29. The highest BCUT2D eigenvalue weighted by Gasteiger charge is 2.24. The third-order valence-corrected chi connectivity index (χ3v) is 3.27. The average Bonchev–Trinajstić information content (AvgIpc) is 3.11. The summed E-state index contributed by atoms with van der Waals surface area (Å²) in [4.78, 5) is 25.5. The van der Waals surface area contributed by atoms with E-state index in [9.17, 15) is 9.59 Å². The minimum atomic E-state index is -0.390. The van der Waals surface area contributed by atoms with Crippen molar-refractivity contribution in [1.29, 1.82) is 0 Å². The Balaban J connectivity index is 1.76. The number of aromatic amines is 1. The highest BCUT2D eigenvalue weighted by molar-refractivity contribution is 6.04. The van der Waals surface area contributed by atoms with Gasteiger partial charge in [-0.3, -0.25) is 15.2 Å². The van der Waals surface area contributed by atoms with Gasteiger partial charge in [0.05, 0.1) is 17.6 Å². The van der Waals surface area contributed by atoms with Crippen LogP contribution in [0.15, 0.2) is 36.5 Å². The van der Waals surface area contributed by atoms with Gasteiger partial charge in [0.1, 0.15) is 5.82 Å². The van der Waals surface area contributed by atoms with E-state index < -0.39 is 6.03 Å². The molecule has 2 heterocycles. The van der Waals surface area contributed by atoms with E-state index in [4.69, 9.17) is 0 Å². The molecule has 0 bridgehead atoms. The molecule has 1 aliphatic heterocycles. The van der Waals surface area contributed by atoms with Gasteiger partial charge >= 0.3 is 6.03 Å². The smallest absolute Gasteiger partial charge is 0.310 e. The molecular formula is C14H15N5O2. The van der Waals surface area contributed by atoms with E-state index in [0.717, 1.165) is 12.1 Å². The van der Waals surface area contributed by atoms with Crippen molar-refractivity contribution in [3.05, 3.63) is 36.5 Å². The van der Waals surface area contributed by atoms with E-state index in [-0.39, 0.29) is 5.91 Å². The molecule has 0 aliphatic carbocycles. The summed E-state index contributed by atoms with van der Waals surface area (Å²) in [5.74, 6) is 0.584. The van der Waals surface area contributed by atoms with Gasteiger partial charge in [-0.1, -0.05) is 12.1 Å². The monoisotopic (exact) mass is 285 g/mol. The summed E-state index contributed by atoms with van der Waals surface area (Å²) >= 11 is 0. The Morgan fingerprint density at radius 1 is 1.24 bits per heavy atom. The summed E-state index contributed by atoms with van der Waals surface area (Å²) in [5, 5.41) is 11.8. The number of nitrogens with zero attached hydrogens (tertiary/aromatic N) is 2. The first-order valence-electron chi connectivity index (χ1n) is 6.71. The quantitative estimate of drug-likeness (QED) is 0.807. The van der Waals surface area contributed by atoms with Crippen molar-refractivity contribution in [3.63, 3.8) is 0 Å². The largest absolute Gasteiger partial charge is 0.324 e. The van der Waals surface area contributed by atoms with Crippen LogP contribution in [0, 0.1) is 0 Å². The van der Waals surface area contributed by atoms with Gasteiger partial charge in [-0.2, -0.15) is 5.10 Å². The molecule has 3 rings (SSSR count). The third kappa shape index (κ3) is 2.86. The lowest BCUT2D eigenvalue weighted by Gasteiger charge is -2.19. The van der Waals surface area contributed by atoms with Crippen LogP contribution >= 0.6 is 0 Å². The van der Waals surface area contributed by atoms with Crippen molar-refractivity contribution in [2.75, 3.05) is 22.1 Å². The number of hydrogen-bond donors (Lipinski definition) is 3. The van der Waals surface area contributed by atoms with Crippen molar-refractivity contribution < 1.29 is 9.59 Å². The van der Waals surface area contributed by atoms with Crippen LogP contribution in [0.1, 0.15) is 12.8 Å². The van der Waals surface area contributed by atoms with E-state index in [1.807, 2.05) is 18.2 Å². The van der Waals surface area contributed by atoms with Crippen LogP contribution in [-0.2, 0) is 4.79 Å². The number of amides is 3. The molecule has 1 aromatic carbocycles. The van der Waals surface area contributed by atoms with Gasteiger partial charge in [0, 0.05) is 19.0 Å². The standard InChI is InChI=1S/C14H15N5O2/c20-13-6-3-9-19(13)11-5-2-1-4-10(11)16-14(21)17-12-7-8-15-18-12/h1-2,4-5,7-8H,3,6,9H2,(H3,15,16,17,18,21). The van der Waals surface area contributed by atoms with E-state index in [1.165, 1.54) is 0 Å². The summed E-state index contributed by atoms with van der Waals surface area (Å²) < 4.78 is 0. The number of anilines is 3. The molecule has 1 aliphatic rings. The lowest BCUT2D eigenvalue weighted by molar-refractivity contribution is -0.117. The van der Waals surface area contributed by atoms with Crippen LogP contribution in [0.3, 0.4) is 0 Å². The second-order valence-corrected chi connectivity index (χ2v) is 4.72. The number of urea groups is 1.